The Morgan fingerprint density at radius 3 is 2.52 bits per heavy atom. The first-order valence-electron chi connectivity index (χ1n) is 8.73. The van der Waals surface area contributed by atoms with Gasteiger partial charge in [0.15, 0.2) is 0 Å². The number of rotatable bonds is 6. The molecule has 3 rings (SSSR count). The van der Waals surface area contributed by atoms with Gasteiger partial charge in [0.2, 0.25) is 10.0 Å². The second-order valence-corrected chi connectivity index (χ2v) is 9.10. The summed E-state index contributed by atoms with van der Waals surface area (Å²) < 4.78 is 26.9. The van der Waals surface area contributed by atoms with Crippen molar-refractivity contribution in [1.82, 2.24) is 9.62 Å². The topological polar surface area (TPSA) is 89.9 Å². The molecule has 2 atom stereocenters. The molecule has 1 saturated heterocycles. The van der Waals surface area contributed by atoms with Crippen molar-refractivity contribution in [1.29, 1.82) is 0 Å². The number of hydrogen-bond acceptors (Lipinski definition) is 5. The molecule has 0 unspecified atom stereocenters. The normalized spacial score (nSPS) is 24.0. The van der Waals surface area contributed by atoms with Crippen molar-refractivity contribution < 1.29 is 18.6 Å². The molecular weight excluding hydrogens is 388 g/mol. The number of hydrogen-bond donors (Lipinski definition) is 3. The third-order valence-corrected chi connectivity index (χ3v) is 7.04. The molecule has 0 aliphatic carbocycles. The van der Waals surface area contributed by atoms with Crippen LogP contribution in [0.4, 0.5) is 0 Å². The van der Waals surface area contributed by atoms with E-state index in [1.165, 1.54) is 16.4 Å². The Balaban J connectivity index is 1.70. The fourth-order valence-corrected chi connectivity index (χ4v) is 4.94. The summed E-state index contributed by atoms with van der Waals surface area (Å²) >= 11 is 6.12. The van der Waals surface area contributed by atoms with Crippen molar-refractivity contribution in [2.75, 3.05) is 19.6 Å². The van der Waals surface area contributed by atoms with Crippen LogP contribution in [-0.4, -0.2) is 54.3 Å². The molecule has 3 N–H and O–H groups in total. The van der Waals surface area contributed by atoms with E-state index in [9.17, 15) is 18.6 Å². The molecule has 146 valence electrons. The van der Waals surface area contributed by atoms with Crippen LogP contribution in [0.15, 0.2) is 59.5 Å². The molecule has 0 amide bonds. The fraction of sp³-hybridized carbons (Fsp3) is 0.368. The van der Waals surface area contributed by atoms with Gasteiger partial charge in [-0.3, -0.25) is 0 Å². The number of β-amino-alcohol motifs (C(OH)–C–C–N with tert-alkyl or cyclic N) is 1. The minimum Gasteiger partial charge on any atom is -0.390 e. The van der Waals surface area contributed by atoms with Crippen molar-refractivity contribution in [3.05, 3.63) is 65.2 Å². The SMILES string of the molecule is O=S(=O)(c1ccccc1)N1CC[C@H](O)[C@@](O)(CNCc2ccccc2Cl)C1. The first kappa shape index (κ1) is 20.3. The van der Waals surface area contributed by atoms with Crippen molar-refractivity contribution in [2.45, 2.75) is 29.6 Å². The lowest BCUT2D eigenvalue weighted by Gasteiger charge is -2.42. The Hall–Kier alpha value is -1.48. The minimum atomic E-state index is -3.73. The van der Waals surface area contributed by atoms with Gasteiger partial charge in [-0.25, -0.2) is 8.42 Å². The van der Waals surface area contributed by atoms with E-state index < -0.39 is 21.7 Å². The third-order valence-electron chi connectivity index (χ3n) is 4.81. The molecular formula is C19H23ClN2O4S. The van der Waals surface area contributed by atoms with E-state index >= 15 is 0 Å². The summed E-state index contributed by atoms with van der Waals surface area (Å²) in [6.07, 6.45) is -0.852. The van der Waals surface area contributed by atoms with Crippen molar-refractivity contribution in [3.8, 4) is 0 Å². The third kappa shape index (κ3) is 4.51. The van der Waals surface area contributed by atoms with Crippen LogP contribution >= 0.6 is 11.6 Å². The molecule has 1 aliphatic heterocycles. The minimum absolute atomic E-state index is 0.0419. The van der Waals surface area contributed by atoms with Crippen LogP contribution < -0.4 is 5.32 Å². The summed E-state index contributed by atoms with van der Waals surface area (Å²) in [6, 6.07) is 15.4. The number of nitrogens with zero attached hydrogens (tertiary/aromatic N) is 1. The Kier molecular flexibility index (Phi) is 6.20. The molecule has 0 radical (unpaired) electrons. The van der Waals surface area contributed by atoms with Crippen LogP contribution in [0.1, 0.15) is 12.0 Å². The van der Waals surface area contributed by atoms with E-state index in [2.05, 4.69) is 5.32 Å². The zero-order valence-electron chi connectivity index (χ0n) is 14.8. The van der Waals surface area contributed by atoms with E-state index in [0.717, 1.165) is 5.56 Å². The smallest absolute Gasteiger partial charge is 0.243 e. The lowest BCUT2D eigenvalue weighted by molar-refractivity contribution is -0.104. The van der Waals surface area contributed by atoms with Gasteiger partial charge in [0.25, 0.3) is 0 Å². The largest absolute Gasteiger partial charge is 0.390 e. The van der Waals surface area contributed by atoms with Gasteiger partial charge >= 0.3 is 0 Å². The predicted octanol–water partition coefficient (Wildman–Crippen LogP) is 1.62. The summed E-state index contributed by atoms with van der Waals surface area (Å²) in [6.45, 7) is 0.423. The molecule has 1 aliphatic rings. The van der Waals surface area contributed by atoms with Gasteiger partial charge in [0.05, 0.1) is 11.0 Å². The number of halogens is 1. The molecule has 0 bridgehead atoms. The van der Waals surface area contributed by atoms with Gasteiger partial charge in [-0.05, 0) is 30.2 Å². The van der Waals surface area contributed by atoms with E-state index in [1.54, 1.807) is 24.3 Å². The standard InChI is InChI=1S/C19H23ClN2O4S/c20-17-9-5-4-6-15(17)12-21-13-19(24)14-22(11-10-18(19)23)27(25,26)16-7-2-1-3-8-16/h1-9,18,21,23-24H,10-14H2/t18-,19+/m0/s1. The fourth-order valence-electron chi connectivity index (χ4n) is 3.20. The van der Waals surface area contributed by atoms with E-state index in [4.69, 9.17) is 11.6 Å². The van der Waals surface area contributed by atoms with E-state index in [1.807, 2.05) is 18.2 Å². The maximum atomic E-state index is 12.8. The Morgan fingerprint density at radius 1 is 1.15 bits per heavy atom. The van der Waals surface area contributed by atoms with Crippen LogP contribution in [-0.2, 0) is 16.6 Å². The number of benzene rings is 2. The highest BCUT2D eigenvalue weighted by atomic mass is 35.5. The molecule has 0 aromatic heterocycles. The van der Waals surface area contributed by atoms with Gasteiger partial charge in [0.1, 0.15) is 5.60 Å². The zero-order valence-corrected chi connectivity index (χ0v) is 16.3. The molecule has 1 heterocycles. The summed E-state index contributed by atoms with van der Waals surface area (Å²) in [5, 5.41) is 24.9. The lowest BCUT2D eigenvalue weighted by atomic mass is 9.90. The van der Waals surface area contributed by atoms with Crippen LogP contribution in [0, 0.1) is 0 Å². The number of nitrogens with one attached hydrogen (secondary N) is 1. The van der Waals surface area contributed by atoms with Crippen LogP contribution in [0.3, 0.4) is 0 Å². The number of aliphatic hydroxyl groups excluding tert-OH is 1. The zero-order chi connectivity index (χ0) is 19.5. The first-order chi connectivity index (χ1) is 12.8. The molecule has 6 nitrogen and oxygen atoms in total. The highest BCUT2D eigenvalue weighted by Gasteiger charge is 2.44. The molecule has 0 saturated carbocycles. The Bertz CT molecular complexity index is 878. The summed E-state index contributed by atoms with van der Waals surface area (Å²) in [5.41, 5.74) is -0.719. The quantitative estimate of drug-likeness (QED) is 0.673. The van der Waals surface area contributed by atoms with Gasteiger partial charge in [0, 0.05) is 31.2 Å². The van der Waals surface area contributed by atoms with Crippen LogP contribution in [0.25, 0.3) is 0 Å². The van der Waals surface area contributed by atoms with E-state index in [-0.39, 0.29) is 31.0 Å². The summed E-state index contributed by atoms with van der Waals surface area (Å²) in [4.78, 5) is 0.174. The van der Waals surface area contributed by atoms with Crippen LogP contribution in [0.2, 0.25) is 5.02 Å². The van der Waals surface area contributed by atoms with Gasteiger partial charge in [-0.1, -0.05) is 48.0 Å². The Labute approximate surface area is 164 Å². The Morgan fingerprint density at radius 2 is 1.81 bits per heavy atom. The summed E-state index contributed by atoms with van der Waals surface area (Å²) in [5.74, 6) is 0. The van der Waals surface area contributed by atoms with Crippen LogP contribution in [0.5, 0.6) is 0 Å². The average Bonchev–Trinajstić information content (AvgIpc) is 2.66. The highest BCUT2D eigenvalue weighted by Crippen LogP contribution is 2.27. The lowest BCUT2D eigenvalue weighted by Crippen LogP contribution is -2.62. The molecule has 0 spiro atoms. The van der Waals surface area contributed by atoms with Crippen molar-refractivity contribution in [2.24, 2.45) is 0 Å². The average molecular weight is 411 g/mol. The van der Waals surface area contributed by atoms with Crippen molar-refractivity contribution in [3.63, 3.8) is 0 Å². The summed E-state index contributed by atoms with van der Waals surface area (Å²) in [7, 11) is -3.73. The van der Waals surface area contributed by atoms with Gasteiger partial charge in [-0.15, -0.1) is 0 Å². The molecule has 2 aromatic carbocycles. The number of sulfonamides is 1. The maximum absolute atomic E-state index is 12.8. The maximum Gasteiger partial charge on any atom is 0.243 e. The second kappa shape index (κ2) is 8.26. The van der Waals surface area contributed by atoms with Crippen molar-refractivity contribution >= 4 is 21.6 Å². The highest BCUT2D eigenvalue weighted by molar-refractivity contribution is 7.89. The monoisotopic (exact) mass is 410 g/mol. The second-order valence-electron chi connectivity index (χ2n) is 6.75. The van der Waals surface area contributed by atoms with E-state index in [0.29, 0.717) is 11.6 Å². The molecule has 1 fully saturated rings. The van der Waals surface area contributed by atoms with Gasteiger partial charge < -0.3 is 15.5 Å². The number of aliphatic hydroxyl groups is 2. The molecule has 27 heavy (non-hydrogen) atoms. The molecule has 2 aromatic rings. The van der Waals surface area contributed by atoms with Gasteiger partial charge in [-0.2, -0.15) is 4.31 Å². The number of piperidine rings is 1. The molecule has 8 heteroatoms. The predicted molar refractivity (Wildman–Crippen MR) is 104 cm³/mol. The first-order valence-corrected chi connectivity index (χ1v) is 10.5.